The van der Waals surface area contributed by atoms with Crippen molar-refractivity contribution in [3.8, 4) is 11.5 Å². The molecule has 0 amide bonds. The number of nitrogens with one attached hydrogen (secondary N) is 1. The molecular formula is C18H22FNO. The largest absolute Gasteiger partial charge is 0.454 e. The Morgan fingerprint density at radius 3 is 2.62 bits per heavy atom. The molecule has 0 aromatic heterocycles. The molecule has 0 spiro atoms. The fraction of sp³-hybridized carbons (Fsp3) is 0.333. The van der Waals surface area contributed by atoms with Crippen LogP contribution in [0.15, 0.2) is 36.4 Å². The smallest absolute Gasteiger partial charge is 0.167 e. The van der Waals surface area contributed by atoms with Crippen LogP contribution in [0.2, 0.25) is 0 Å². The number of ether oxygens (including phenoxy) is 1. The van der Waals surface area contributed by atoms with Crippen LogP contribution in [-0.2, 0) is 6.54 Å². The molecule has 112 valence electrons. The fourth-order valence-electron chi connectivity index (χ4n) is 2.15. The molecule has 0 atom stereocenters. The van der Waals surface area contributed by atoms with Crippen LogP contribution in [0.5, 0.6) is 11.5 Å². The van der Waals surface area contributed by atoms with Gasteiger partial charge < -0.3 is 10.1 Å². The second kappa shape index (κ2) is 7.23. The lowest BCUT2D eigenvalue weighted by Crippen LogP contribution is -2.14. The number of aryl methyl sites for hydroxylation is 1. The zero-order chi connectivity index (χ0) is 15.2. The average molecular weight is 287 g/mol. The van der Waals surface area contributed by atoms with Crippen LogP contribution in [0.3, 0.4) is 0 Å². The first-order chi connectivity index (χ1) is 10.1. The van der Waals surface area contributed by atoms with Crippen LogP contribution < -0.4 is 10.1 Å². The molecule has 0 aliphatic heterocycles. The van der Waals surface area contributed by atoms with E-state index in [4.69, 9.17) is 4.74 Å². The van der Waals surface area contributed by atoms with Crippen LogP contribution in [0.25, 0.3) is 0 Å². The van der Waals surface area contributed by atoms with Gasteiger partial charge in [0.1, 0.15) is 5.75 Å². The Labute approximate surface area is 126 Å². The normalized spacial score (nSPS) is 10.7. The third kappa shape index (κ3) is 3.82. The molecule has 0 heterocycles. The highest BCUT2D eigenvalue weighted by Gasteiger charge is 2.12. The molecule has 0 saturated carbocycles. The number of para-hydroxylation sites is 1. The minimum Gasteiger partial charge on any atom is -0.454 e. The van der Waals surface area contributed by atoms with E-state index in [1.165, 1.54) is 6.07 Å². The van der Waals surface area contributed by atoms with E-state index in [0.717, 1.165) is 29.7 Å². The van der Waals surface area contributed by atoms with Gasteiger partial charge in [0.05, 0.1) is 0 Å². The van der Waals surface area contributed by atoms with Gasteiger partial charge in [-0.1, -0.05) is 31.2 Å². The highest BCUT2D eigenvalue weighted by Crippen LogP contribution is 2.31. The van der Waals surface area contributed by atoms with Crippen molar-refractivity contribution in [3.05, 3.63) is 58.9 Å². The Morgan fingerprint density at radius 2 is 1.86 bits per heavy atom. The van der Waals surface area contributed by atoms with Gasteiger partial charge in [0, 0.05) is 12.1 Å². The van der Waals surface area contributed by atoms with E-state index in [1.54, 1.807) is 6.07 Å². The Morgan fingerprint density at radius 1 is 1.10 bits per heavy atom. The Hall–Kier alpha value is -1.87. The molecule has 0 aliphatic rings. The number of rotatable bonds is 6. The maximum Gasteiger partial charge on any atom is 0.167 e. The van der Waals surface area contributed by atoms with Crippen LogP contribution >= 0.6 is 0 Å². The minimum atomic E-state index is -0.327. The topological polar surface area (TPSA) is 21.3 Å². The van der Waals surface area contributed by atoms with Gasteiger partial charge in [0.25, 0.3) is 0 Å². The molecule has 0 fully saturated rings. The fourth-order valence-corrected chi connectivity index (χ4v) is 2.15. The predicted octanol–water partition coefficient (Wildman–Crippen LogP) is 4.73. The molecule has 21 heavy (non-hydrogen) atoms. The SMILES string of the molecule is CCCNCc1cccc(F)c1Oc1cccc(C)c1C. The maximum atomic E-state index is 14.1. The minimum absolute atomic E-state index is 0.315. The molecular weight excluding hydrogens is 265 g/mol. The molecule has 0 saturated heterocycles. The number of halogens is 1. The molecule has 2 aromatic carbocycles. The van der Waals surface area contributed by atoms with Gasteiger partial charge in [-0.3, -0.25) is 0 Å². The van der Waals surface area contributed by atoms with Gasteiger partial charge in [-0.15, -0.1) is 0 Å². The van der Waals surface area contributed by atoms with Crippen molar-refractivity contribution < 1.29 is 9.13 Å². The standard InChI is InChI=1S/C18H22FNO/c1-4-11-20-12-15-8-6-9-16(19)18(15)21-17-10-5-7-13(2)14(17)3/h5-10,20H,4,11-12H2,1-3H3. The van der Waals surface area contributed by atoms with Crippen molar-refractivity contribution in [1.29, 1.82) is 0 Å². The molecule has 0 radical (unpaired) electrons. The van der Waals surface area contributed by atoms with Gasteiger partial charge in [-0.2, -0.15) is 0 Å². The van der Waals surface area contributed by atoms with E-state index in [-0.39, 0.29) is 5.82 Å². The van der Waals surface area contributed by atoms with E-state index >= 15 is 0 Å². The van der Waals surface area contributed by atoms with Gasteiger partial charge in [-0.05, 0) is 50.1 Å². The lowest BCUT2D eigenvalue weighted by molar-refractivity contribution is 0.430. The number of hydrogen-bond acceptors (Lipinski definition) is 2. The summed E-state index contributed by atoms with van der Waals surface area (Å²) in [5, 5.41) is 3.28. The third-order valence-corrected chi connectivity index (χ3v) is 3.56. The van der Waals surface area contributed by atoms with E-state index in [0.29, 0.717) is 18.0 Å². The summed E-state index contributed by atoms with van der Waals surface area (Å²) in [6.45, 7) is 7.62. The van der Waals surface area contributed by atoms with Crippen molar-refractivity contribution in [2.24, 2.45) is 0 Å². The monoisotopic (exact) mass is 287 g/mol. The second-order valence-corrected chi connectivity index (χ2v) is 5.20. The van der Waals surface area contributed by atoms with Gasteiger partial charge >= 0.3 is 0 Å². The number of benzene rings is 2. The van der Waals surface area contributed by atoms with Gasteiger partial charge in [0.15, 0.2) is 11.6 Å². The quantitative estimate of drug-likeness (QED) is 0.775. The third-order valence-electron chi connectivity index (χ3n) is 3.56. The van der Waals surface area contributed by atoms with E-state index < -0.39 is 0 Å². The van der Waals surface area contributed by atoms with Crippen molar-refractivity contribution in [2.45, 2.75) is 33.7 Å². The molecule has 0 bridgehead atoms. The van der Waals surface area contributed by atoms with E-state index in [9.17, 15) is 4.39 Å². The Balaban J connectivity index is 2.28. The molecule has 2 aromatic rings. The molecule has 0 aliphatic carbocycles. The molecule has 3 heteroatoms. The summed E-state index contributed by atoms with van der Waals surface area (Å²) in [5.74, 6) is 0.693. The zero-order valence-corrected chi connectivity index (χ0v) is 12.9. The zero-order valence-electron chi connectivity index (χ0n) is 12.9. The summed E-state index contributed by atoms with van der Waals surface area (Å²) in [7, 11) is 0. The first-order valence-electron chi connectivity index (χ1n) is 7.35. The summed E-state index contributed by atoms with van der Waals surface area (Å²) < 4.78 is 20.0. The first-order valence-corrected chi connectivity index (χ1v) is 7.35. The second-order valence-electron chi connectivity index (χ2n) is 5.20. The van der Waals surface area contributed by atoms with Crippen LogP contribution in [0.4, 0.5) is 4.39 Å². The Bertz CT molecular complexity index is 610. The van der Waals surface area contributed by atoms with Crippen LogP contribution in [-0.4, -0.2) is 6.54 Å². The van der Waals surface area contributed by atoms with Crippen molar-refractivity contribution in [3.63, 3.8) is 0 Å². The summed E-state index contributed by atoms with van der Waals surface area (Å²) >= 11 is 0. The Kier molecular flexibility index (Phi) is 5.34. The summed E-state index contributed by atoms with van der Waals surface area (Å²) in [5.41, 5.74) is 3.01. The van der Waals surface area contributed by atoms with Gasteiger partial charge in [-0.25, -0.2) is 4.39 Å². The lowest BCUT2D eigenvalue weighted by atomic mass is 10.1. The van der Waals surface area contributed by atoms with Crippen molar-refractivity contribution in [2.75, 3.05) is 6.54 Å². The van der Waals surface area contributed by atoms with Crippen LogP contribution in [0, 0.1) is 19.7 Å². The van der Waals surface area contributed by atoms with E-state index in [2.05, 4.69) is 12.2 Å². The average Bonchev–Trinajstić information content (AvgIpc) is 2.47. The summed E-state index contributed by atoms with van der Waals surface area (Å²) in [6.07, 6.45) is 1.04. The maximum absolute atomic E-state index is 14.1. The summed E-state index contributed by atoms with van der Waals surface area (Å²) in [6, 6.07) is 10.9. The predicted molar refractivity (Wildman–Crippen MR) is 84.4 cm³/mol. The molecule has 2 rings (SSSR count). The highest BCUT2D eigenvalue weighted by molar-refractivity contribution is 5.44. The molecule has 1 N–H and O–H groups in total. The van der Waals surface area contributed by atoms with Crippen LogP contribution in [0.1, 0.15) is 30.0 Å². The highest BCUT2D eigenvalue weighted by atomic mass is 19.1. The number of hydrogen-bond donors (Lipinski definition) is 1. The van der Waals surface area contributed by atoms with E-state index in [1.807, 2.05) is 38.1 Å². The van der Waals surface area contributed by atoms with Gasteiger partial charge in [0.2, 0.25) is 0 Å². The lowest BCUT2D eigenvalue weighted by Gasteiger charge is -2.15. The molecule has 0 unspecified atom stereocenters. The van der Waals surface area contributed by atoms with Crippen molar-refractivity contribution in [1.82, 2.24) is 5.32 Å². The first kappa shape index (κ1) is 15.5. The molecule has 2 nitrogen and oxygen atoms in total. The van der Waals surface area contributed by atoms with Crippen molar-refractivity contribution >= 4 is 0 Å². The summed E-state index contributed by atoms with van der Waals surface area (Å²) in [4.78, 5) is 0.